The van der Waals surface area contributed by atoms with Crippen LogP contribution >= 0.6 is 22.9 Å². The summed E-state index contributed by atoms with van der Waals surface area (Å²) in [6, 6.07) is 10.2. The summed E-state index contributed by atoms with van der Waals surface area (Å²) in [7, 11) is 0. The molecule has 27 heavy (non-hydrogen) atoms. The van der Waals surface area contributed by atoms with Crippen molar-refractivity contribution < 1.29 is 9.59 Å². The Labute approximate surface area is 165 Å². The molecule has 0 saturated heterocycles. The standard InChI is InChI=1S/C19H17ClN4O2S/c1-3-9-21-18(26)24-19-22-14-8-7-12(10-15(14)27-19)17(25)23-16-11(2)5-4-6-13(16)20/h3-8,10H,1,9H2,2H3,(H,23,25)(H2,21,22,24,26). The van der Waals surface area contributed by atoms with Crippen molar-refractivity contribution in [2.45, 2.75) is 6.92 Å². The van der Waals surface area contributed by atoms with Crippen molar-refractivity contribution in [1.29, 1.82) is 0 Å². The van der Waals surface area contributed by atoms with Crippen LogP contribution in [0.15, 0.2) is 49.1 Å². The summed E-state index contributed by atoms with van der Waals surface area (Å²) in [5.74, 6) is -0.264. The van der Waals surface area contributed by atoms with Gasteiger partial charge in [-0.1, -0.05) is 41.1 Å². The van der Waals surface area contributed by atoms with Gasteiger partial charge >= 0.3 is 6.03 Å². The lowest BCUT2D eigenvalue weighted by atomic mass is 10.1. The molecule has 0 aliphatic carbocycles. The summed E-state index contributed by atoms with van der Waals surface area (Å²) < 4.78 is 0.789. The number of thiazole rings is 1. The van der Waals surface area contributed by atoms with Crippen LogP contribution < -0.4 is 16.0 Å². The van der Waals surface area contributed by atoms with E-state index in [-0.39, 0.29) is 11.9 Å². The summed E-state index contributed by atoms with van der Waals surface area (Å²) in [5, 5.41) is 9.06. The van der Waals surface area contributed by atoms with Gasteiger partial charge in [0.15, 0.2) is 5.13 Å². The molecule has 8 heteroatoms. The summed E-state index contributed by atoms with van der Waals surface area (Å²) in [6.45, 7) is 5.78. The van der Waals surface area contributed by atoms with Gasteiger partial charge in [-0.25, -0.2) is 9.78 Å². The second-order valence-corrected chi connectivity index (χ2v) is 7.15. The first-order valence-corrected chi connectivity index (χ1v) is 9.30. The van der Waals surface area contributed by atoms with Crippen molar-refractivity contribution in [3.63, 3.8) is 0 Å². The molecule has 0 radical (unpaired) electrons. The van der Waals surface area contributed by atoms with Crippen LogP contribution in [0.5, 0.6) is 0 Å². The first kappa shape index (κ1) is 18.9. The van der Waals surface area contributed by atoms with Crippen LogP contribution in [0, 0.1) is 6.92 Å². The van der Waals surface area contributed by atoms with Gasteiger partial charge in [-0.3, -0.25) is 10.1 Å². The molecular weight excluding hydrogens is 384 g/mol. The number of nitrogens with one attached hydrogen (secondary N) is 3. The van der Waals surface area contributed by atoms with Gasteiger partial charge in [0, 0.05) is 12.1 Å². The van der Waals surface area contributed by atoms with E-state index in [1.165, 1.54) is 11.3 Å². The van der Waals surface area contributed by atoms with Gasteiger partial charge in [-0.15, -0.1) is 6.58 Å². The molecule has 0 saturated carbocycles. The number of hydrogen-bond acceptors (Lipinski definition) is 4. The third-order valence-corrected chi connectivity index (χ3v) is 4.99. The maximum atomic E-state index is 12.6. The summed E-state index contributed by atoms with van der Waals surface area (Å²) >= 11 is 7.46. The van der Waals surface area contributed by atoms with Gasteiger partial charge in [0.05, 0.1) is 20.9 Å². The fourth-order valence-corrected chi connectivity index (χ4v) is 3.57. The number of aromatic nitrogens is 1. The van der Waals surface area contributed by atoms with Crippen molar-refractivity contribution in [2.75, 3.05) is 17.2 Å². The van der Waals surface area contributed by atoms with Gasteiger partial charge in [-0.05, 0) is 36.8 Å². The molecule has 3 rings (SSSR count). The molecule has 0 fully saturated rings. The smallest absolute Gasteiger partial charge is 0.321 e. The van der Waals surface area contributed by atoms with E-state index in [0.717, 1.165) is 10.3 Å². The Morgan fingerprint density at radius 1 is 1.26 bits per heavy atom. The molecule has 3 aromatic rings. The molecule has 0 spiro atoms. The minimum absolute atomic E-state index is 0.264. The van der Waals surface area contributed by atoms with E-state index in [4.69, 9.17) is 11.6 Å². The first-order valence-electron chi connectivity index (χ1n) is 8.10. The molecule has 6 nitrogen and oxygen atoms in total. The fourth-order valence-electron chi connectivity index (χ4n) is 2.40. The predicted molar refractivity (Wildman–Crippen MR) is 111 cm³/mol. The molecule has 1 heterocycles. The Morgan fingerprint density at radius 2 is 2.07 bits per heavy atom. The van der Waals surface area contributed by atoms with Crippen LogP contribution in [0.3, 0.4) is 0 Å². The first-order chi connectivity index (χ1) is 13.0. The van der Waals surface area contributed by atoms with Crippen LogP contribution in [-0.2, 0) is 0 Å². The zero-order valence-corrected chi connectivity index (χ0v) is 16.1. The maximum Gasteiger partial charge on any atom is 0.321 e. The largest absolute Gasteiger partial charge is 0.334 e. The zero-order chi connectivity index (χ0) is 19.4. The fraction of sp³-hybridized carbons (Fsp3) is 0.105. The van der Waals surface area contributed by atoms with Gasteiger partial charge in [0.25, 0.3) is 5.91 Å². The second-order valence-electron chi connectivity index (χ2n) is 5.71. The third-order valence-electron chi connectivity index (χ3n) is 3.74. The highest BCUT2D eigenvalue weighted by atomic mass is 35.5. The highest BCUT2D eigenvalue weighted by molar-refractivity contribution is 7.22. The number of carbonyl (C=O) groups is 2. The molecule has 0 bridgehead atoms. The summed E-state index contributed by atoms with van der Waals surface area (Å²) in [4.78, 5) is 28.6. The number of amides is 3. The Kier molecular flexibility index (Phi) is 5.73. The number of fused-ring (bicyclic) bond motifs is 1. The quantitative estimate of drug-likeness (QED) is 0.537. The molecule has 3 amide bonds. The van der Waals surface area contributed by atoms with E-state index < -0.39 is 0 Å². The summed E-state index contributed by atoms with van der Waals surface area (Å²) in [5.41, 5.74) is 2.65. The number of nitrogens with zero attached hydrogens (tertiary/aromatic N) is 1. The molecule has 1 aromatic heterocycles. The molecular formula is C19H17ClN4O2S. The van der Waals surface area contributed by atoms with Gasteiger partial charge in [-0.2, -0.15) is 0 Å². The third kappa shape index (κ3) is 4.45. The summed E-state index contributed by atoms with van der Waals surface area (Å²) in [6.07, 6.45) is 1.59. The lowest BCUT2D eigenvalue weighted by Gasteiger charge is -2.10. The maximum absolute atomic E-state index is 12.6. The Bertz CT molecular complexity index is 1010. The van der Waals surface area contributed by atoms with Crippen molar-refractivity contribution in [3.8, 4) is 0 Å². The van der Waals surface area contributed by atoms with Gasteiger partial charge < -0.3 is 10.6 Å². The van der Waals surface area contributed by atoms with Crippen molar-refractivity contribution in [2.24, 2.45) is 0 Å². The van der Waals surface area contributed by atoms with Crippen LogP contribution in [0.25, 0.3) is 10.2 Å². The Hall–Kier alpha value is -2.90. The number of aryl methyl sites for hydroxylation is 1. The Morgan fingerprint density at radius 3 is 2.81 bits per heavy atom. The zero-order valence-electron chi connectivity index (χ0n) is 14.5. The molecule has 0 atom stereocenters. The van der Waals surface area contributed by atoms with Crippen LogP contribution in [-0.4, -0.2) is 23.5 Å². The molecule has 2 aromatic carbocycles. The van der Waals surface area contributed by atoms with E-state index in [1.807, 2.05) is 19.1 Å². The van der Waals surface area contributed by atoms with Crippen molar-refractivity contribution >= 4 is 55.9 Å². The number of urea groups is 1. The number of anilines is 2. The number of carbonyl (C=O) groups excluding carboxylic acids is 2. The van der Waals surface area contributed by atoms with Gasteiger partial charge in [0.2, 0.25) is 0 Å². The molecule has 3 N–H and O–H groups in total. The van der Waals surface area contributed by atoms with Crippen LogP contribution in [0.1, 0.15) is 15.9 Å². The van der Waals surface area contributed by atoms with E-state index >= 15 is 0 Å². The van der Waals surface area contributed by atoms with Gasteiger partial charge in [0.1, 0.15) is 0 Å². The minimum atomic E-state index is -0.360. The number of rotatable bonds is 5. The highest BCUT2D eigenvalue weighted by Gasteiger charge is 2.13. The topological polar surface area (TPSA) is 83.1 Å². The number of hydrogen-bond donors (Lipinski definition) is 3. The SMILES string of the molecule is C=CCNC(=O)Nc1nc2ccc(C(=O)Nc3c(C)cccc3Cl)cc2s1. The molecule has 138 valence electrons. The predicted octanol–water partition coefficient (Wildman–Crippen LogP) is 4.82. The molecule has 0 aliphatic rings. The average Bonchev–Trinajstić information content (AvgIpc) is 3.04. The second kappa shape index (κ2) is 8.20. The Balaban J connectivity index is 1.78. The number of halogens is 1. The van der Waals surface area contributed by atoms with Crippen molar-refractivity contribution in [3.05, 3.63) is 65.2 Å². The van der Waals surface area contributed by atoms with E-state index in [1.54, 1.807) is 30.3 Å². The number of benzene rings is 2. The normalized spacial score (nSPS) is 10.4. The van der Waals surface area contributed by atoms with Crippen molar-refractivity contribution in [1.82, 2.24) is 10.3 Å². The van der Waals surface area contributed by atoms with E-state index in [9.17, 15) is 9.59 Å². The van der Waals surface area contributed by atoms with E-state index in [2.05, 4.69) is 27.5 Å². The van der Waals surface area contributed by atoms with Crippen LogP contribution in [0.2, 0.25) is 5.02 Å². The minimum Gasteiger partial charge on any atom is -0.334 e. The highest BCUT2D eigenvalue weighted by Crippen LogP contribution is 2.29. The lowest BCUT2D eigenvalue weighted by Crippen LogP contribution is -2.28. The van der Waals surface area contributed by atoms with E-state index in [0.29, 0.717) is 33.5 Å². The van der Waals surface area contributed by atoms with Crippen LogP contribution in [0.4, 0.5) is 15.6 Å². The average molecular weight is 401 g/mol. The monoisotopic (exact) mass is 400 g/mol. The lowest BCUT2D eigenvalue weighted by molar-refractivity contribution is 0.102. The molecule has 0 unspecified atom stereocenters. The number of para-hydroxylation sites is 1. The molecule has 0 aliphatic heterocycles.